The van der Waals surface area contributed by atoms with Gasteiger partial charge in [0.2, 0.25) is 0 Å². The molecule has 2 saturated heterocycles. The van der Waals surface area contributed by atoms with Crippen LogP contribution in [-0.4, -0.2) is 45.0 Å². The lowest BCUT2D eigenvalue weighted by molar-refractivity contribution is -0.126. The summed E-state index contributed by atoms with van der Waals surface area (Å²) >= 11 is 0. The van der Waals surface area contributed by atoms with Crippen molar-refractivity contribution < 1.29 is 14.0 Å². The maximum absolute atomic E-state index is 14.4. The Bertz CT molecular complexity index is 1160. The molecule has 3 aromatic rings. The number of hydrogen-bond acceptors (Lipinski definition) is 4. The van der Waals surface area contributed by atoms with Gasteiger partial charge in [-0.05, 0) is 67.7 Å². The van der Waals surface area contributed by atoms with Crippen LogP contribution in [0.25, 0.3) is 5.69 Å². The summed E-state index contributed by atoms with van der Waals surface area (Å²) in [6, 6.07) is 14.0. The van der Waals surface area contributed by atoms with Crippen molar-refractivity contribution in [3.05, 3.63) is 84.2 Å². The average molecular weight is 448 g/mol. The molecule has 0 saturated carbocycles. The number of carbonyl (C=O) groups excluding carboxylic acids is 2. The van der Waals surface area contributed by atoms with Crippen LogP contribution in [0.3, 0.4) is 0 Å². The smallest absolute Gasteiger partial charge is 0.322 e. The van der Waals surface area contributed by atoms with E-state index in [0.29, 0.717) is 5.56 Å². The number of nitrogens with one attached hydrogen (secondary N) is 2. The van der Waals surface area contributed by atoms with Crippen molar-refractivity contribution in [1.82, 2.24) is 25.1 Å². The summed E-state index contributed by atoms with van der Waals surface area (Å²) in [5, 5.41) is 5.24. The van der Waals surface area contributed by atoms with E-state index < -0.39 is 11.6 Å². The number of carbonyl (C=O) groups is 2. The van der Waals surface area contributed by atoms with Gasteiger partial charge in [0.15, 0.2) is 0 Å². The number of benzene rings is 1. The second-order valence-electron chi connectivity index (χ2n) is 8.78. The highest BCUT2D eigenvalue weighted by molar-refractivity contribution is 6.07. The highest BCUT2D eigenvalue weighted by Crippen LogP contribution is 2.35. The van der Waals surface area contributed by atoms with E-state index in [4.69, 9.17) is 0 Å². The Morgan fingerprint density at radius 3 is 2.58 bits per heavy atom. The molecule has 1 unspecified atom stereocenters. The van der Waals surface area contributed by atoms with E-state index in [1.165, 1.54) is 6.07 Å². The van der Waals surface area contributed by atoms with Crippen LogP contribution < -0.4 is 10.6 Å². The molecule has 3 amide bonds. The van der Waals surface area contributed by atoms with Crippen LogP contribution in [0.1, 0.15) is 24.1 Å². The van der Waals surface area contributed by atoms with Gasteiger partial charge in [-0.3, -0.25) is 20.0 Å². The summed E-state index contributed by atoms with van der Waals surface area (Å²) < 4.78 is 16.5. The van der Waals surface area contributed by atoms with Crippen LogP contribution in [0.4, 0.5) is 9.18 Å². The van der Waals surface area contributed by atoms with Crippen LogP contribution in [0, 0.1) is 11.7 Å². The highest BCUT2D eigenvalue weighted by Gasteiger charge is 2.52. The number of urea groups is 1. The molecule has 0 spiro atoms. The molecule has 2 N–H and O–H groups in total. The SMILES string of the molecule is O=C1NC(=O)C(Cc2ccccc2F)(C2CCN(Cc3cccn3-c3cccnc3)CC2)N1. The second-order valence-corrected chi connectivity index (χ2v) is 8.78. The zero-order valence-corrected chi connectivity index (χ0v) is 18.2. The lowest BCUT2D eigenvalue weighted by Crippen LogP contribution is -2.57. The molecule has 170 valence electrons. The van der Waals surface area contributed by atoms with Gasteiger partial charge in [0, 0.05) is 31.1 Å². The number of pyridine rings is 1. The van der Waals surface area contributed by atoms with E-state index >= 15 is 0 Å². The number of aromatic nitrogens is 2. The number of amides is 3. The van der Waals surface area contributed by atoms with Crippen molar-refractivity contribution in [2.75, 3.05) is 13.1 Å². The predicted octanol–water partition coefficient (Wildman–Crippen LogP) is 3.04. The molecule has 2 aliphatic rings. The van der Waals surface area contributed by atoms with E-state index in [1.54, 1.807) is 24.4 Å². The largest absolute Gasteiger partial charge is 0.323 e. The van der Waals surface area contributed by atoms with Gasteiger partial charge >= 0.3 is 6.03 Å². The molecule has 5 rings (SSSR count). The molecule has 0 radical (unpaired) electrons. The molecule has 2 aliphatic heterocycles. The monoisotopic (exact) mass is 447 g/mol. The van der Waals surface area contributed by atoms with E-state index in [9.17, 15) is 14.0 Å². The number of nitrogens with zero attached hydrogens (tertiary/aromatic N) is 3. The fourth-order valence-corrected chi connectivity index (χ4v) is 5.11. The fraction of sp³-hybridized carbons (Fsp3) is 0.320. The zero-order chi connectivity index (χ0) is 22.8. The van der Waals surface area contributed by atoms with Crippen molar-refractivity contribution >= 4 is 11.9 Å². The first-order valence-corrected chi connectivity index (χ1v) is 11.2. The number of likely N-dealkylation sites (tertiary alicyclic amines) is 1. The third-order valence-corrected chi connectivity index (χ3v) is 6.82. The van der Waals surface area contributed by atoms with Crippen molar-refractivity contribution in [2.45, 2.75) is 31.3 Å². The van der Waals surface area contributed by atoms with E-state index in [2.05, 4.69) is 31.2 Å². The third-order valence-electron chi connectivity index (χ3n) is 6.82. The summed E-state index contributed by atoms with van der Waals surface area (Å²) in [6.07, 6.45) is 7.23. The van der Waals surface area contributed by atoms with Gasteiger partial charge < -0.3 is 9.88 Å². The van der Waals surface area contributed by atoms with Gasteiger partial charge in [-0.15, -0.1) is 0 Å². The molecule has 4 heterocycles. The Balaban J connectivity index is 1.30. The minimum absolute atomic E-state index is 0.0788. The molecule has 7 nitrogen and oxygen atoms in total. The standard InChI is InChI=1S/C25H26FN5O2/c26-22-8-2-1-5-18(22)15-25(23(32)28-24(33)29-25)19-9-13-30(14-10-19)17-21-7-4-12-31(21)20-6-3-11-27-16-20/h1-8,11-12,16,19H,9-10,13-15,17H2,(H2,28,29,32,33). The topological polar surface area (TPSA) is 79.3 Å². The van der Waals surface area contributed by atoms with E-state index in [-0.39, 0.29) is 24.1 Å². The van der Waals surface area contributed by atoms with Gasteiger partial charge in [0.05, 0.1) is 11.9 Å². The minimum atomic E-state index is -1.12. The number of hydrogen-bond donors (Lipinski definition) is 2. The average Bonchev–Trinajstić information content (AvgIpc) is 3.40. The molecule has 1 aromatic carbocycles. The lowest BCUT2D eigenvalue weighted by atomic mass is 9.74. The lowest BCUT2D eigenvalue weighted by Gasteiger charge is -2.40. The number of rotatable bonds is 6. The summed E-state index contributed by atoms with van der Waals surface area (Å²) in [6.45, 7) is 2.34. The Morgan fingerprint density at radius 1 is 1.06 bits per heavy atom. The molecular formula is C25H26FN5O2. The fourth-order valence-electron chi connectivity index (χ4n) is 5.11. The Labute approximate surface area is 191 Å². The van der Waals surface area contributed by atoms with Crippen LogP contribution in [0.15, 0.2) is 67.1 Å². The van der Waals surface area contributed by atoms with E-state index in [0.717, 1.165) is 43.9 Å². The van der Waals surface area contributed by atoms with E-state index in [1.807, 2.05) is 30.6 Å². The minimum Gasteiger partial charge on any atom is -0.323 e. The van der Waals surface area contributed by atoms with Gasteiger partial charge in [0.25, 0.3) is 5.91 Å². The normalized spacial score (nSPS) is 21.7. The summed E-state index contributed by atoms with van der Waals surface area (Å²) in [5.74, 6) is -0.802. The van der Waals surface area contributed by atoms with Gasteiger partial charge in [-0.2, -0.15) is 0 Å². The first kappa shape index (κ1) is 21.3. The van der Waals surface area contributed by atoms with Crippen molar-refractivity contribution in [3.8, 4) is 5.69 Å². The van der Waals surface area contributed by atoms with Crippen LogP contribution in [0.5, 0.6) is 0 Å². The maximum atomic E-state index is 14.4. The first-order valence-electron chi connectivity index (χ1n) is 11.2. The maximum Gasteiger partial charge on any atom is 0.322 e. The summed E-state index contributed by atoms with van der Waals surface area (Å²) in [5.41, 5.74) is 1.49. The van der Waals surface area contributed by atoms with Crippen LogP contribution in [0.2, 0.25) is 0 Å². The van der Waals surface area contributed by atoms with Gasteiger partial charge in [-0.25, -0.2) is 9.18 Å². The van der Waals surface area contributed by atoms with Crippen molar-refractivity contribution in [1.29, 1.82) is 0 Å². The van der Waals surface area contributed by atoms with Crippen LogP contribution >= 0.6 is 0 Å². The zero-order valence-electron chi connectivity index (χ0n) is 18.2. The number of halogens is 1. The first-order chi connectivity index (χ1) is 16.0. The third kappa shape index (κ3) is 4.14. The molecule has 0 bridgehead atoms. The second kappa shape index (κ2) is 8.78. The predicted molar refractivity (Wildman–Crippen MR) is 121 cm³/mol. The Morgan fingerprint density at radius 2 is 1.88 bits per heavy atom. The Kier molecular flexibility index (Phi) is 5.68. The molecular weight excluding hydrogens is 421 g/mol. The molecule has 8 heteroatoms. The molecule has 33 heavy (non-hydrogen) atoms. The molecule has 2 aromatic heterocycles. The molecule has 0 aliphatic carbocycles. The van der Waals surface area contributed by atoms with Crippen molar-refractivity contribution in [3.63, 3.8) is 0 Å². The summed E-state index contributed by atoms with van der Waals surface area (Å²) in [4.78, 5) is 31.6. The van der Waals surface area contributed by atoms with Gasteiger partial charge in [-0.1, -0.05) is 18.2 Å². The summed E-state index contributed by atoms with van der Waals surface area (Å²) in [7, 11) is 0. The van der Waals surface area contributed by atoms with Gasteiger partial charge in [0.1, 0.15) is 11.4 Å². The number of imide groups is 1. The van der Waals surface area contributed by atoms with Crippen molar-refractivity contribution in [2.24, 2.45) is 5.92 Å². The molecule has 2 fully saturated rings. The quantitative estimate of drug-likeness (QED) is 0.570. The Hall–Kier alpha value is -3.52. The highest BCUT2D eigenvalue weighted by atomic mass is 19.1. The van der Waals surface area contributed by atoms with Crippen LogP contribution in [-0.2, 0) is 17.8 Å². The number of piperidine rings is 1. The molecule has 1 atom stereocenters.